The molecule has 0 bridgehead atoms. The molecule has 1 aromatic carbocycles. The van der Waals surface area contributed by atoms with E-state index >= 15 is 0 Å². The van der Waals surface area contributed by atoms with Crippen molar-refractivity contribution < 1.29 is 9.84 Å². The first kappa shape index (κ1) is 16.2. The maximum Gasteiger partial charge on any atom is 0.294 e. The Morgan fingerprint density at radius 3 is 2.77 bits per heavy atom. The van der Waals surface area contributed by atoms with Crippen LogP contribution in [0.5, 0.6) is 11.5 Å². The van der Waals surface area contributed by atoms with Crippen molar-refractivity contribution >= 4 is 16.6 Å². The average molecular weight is 304 g/mol. The van der Waals surface area contributed by atoms with E-state index in [0.29, 0.717) is 17.5 Å². The van der Waals surface area contributed by atoms with E-state index in [0.717, 1.165) is 37.9 Å². The van der Waals surface area contributed by atoms with Gasteiger partial charge in [-0.25, -0.2) is 0 Å². The third-order valence-electron chi connectivity index (χ3n) is 3.57. The Hall–Kier alpha value is -2.17. The minimum atomic E-state index is -0.394. The second-order valence-electron chi connectivity index (χ2n) is 5.33. The molecule has 0 aliphatic rings. The molecule has 1 aromatic heterocycles. The fourth-order valence-electron chi connectivity index (χ4n) is 2.41. The standard InChI is InChI=1S/C17H24N2O3/c1-3-5-6-7-10-22-16-15(20)13-9-8-12(18-4-2)11-14(13)19-17(16)21/h8-9,11,18H,3-7,10H2,1-2H3,(H2,19,20,21). The van der Waals surface area contributed by atoms with Crippen molar-refractivity contribution in [2.24, 2.45) is 0 Å². The first-order chi connectivity index (χ1) is 10.7. The van der Waals surface area contributed by atoms with Crippen LogP contribution in [0.2, 0.25) is 0 Å². The van der Waals surface area contributed by atoms with Gasteiger partial charge in [-0.2, -0.15) is 0 Å². The van der Waals surface area contributed by atoms with Crippen LogP contribution in [-0.4, -0.2) is 23.2 Å². The summed E-state index contributed by atoms with van der Waals surface area (Å²) in [6, 6.07) is 5.46. The smallest absolute Gasteiger partial charge is 0.294 e. The number of hydrogen-bond donors (Lipinski definition) is 3. The number of pyridine rings is 1. The molecule has 0 spiro atoms. The number of aromatic amines is 1. The Labute approximate surface area is 130 Å². The zero-order chi connectivity index (χ0) is 15.9. The molecule has 1 heterocycles. The molecule has 3 N–H and O–H groups in total. The normalized spacial score (nSPS) is 10.8. The number of anilines is 1. The minimum Gasteiger partial charge on any atom is -0.504 e. The largest absolute Gasteiger partial charge is 0.504 e. The molecular weight excluding hydrogens is 280 g/mol. The zero-order valence-corrected chi connectivity index (χ0v) is 13.2. The third kappa shape index (κ3) is 3.72. The van der Waals surface area contributed by atoms with E-state index in [2.05, 4.69) is 17.2 Å². The van der Waals surface area contributed by atoms with Crippen LogP contribution in [0.1, 0.15) is 39.5 Å². The highest BCUT2D eigenvalue weighted by Crippen LogP contribution is 2.31. The van der Waals surface area contributed by atoms with Crippen molar-refractivity contribution in [1.29, 1.82) is 0 Å². The predicted molar refractivity (Wildman–Crippen MR) is 90.0 cm³/mol. The molecule has 5 nitrogen and oxygen atoms in total. The molecule has 0 radical (unpaired) electrons. The first-order valence-corrected chi connectivity index (χ1v) is 7.93. The SMILES string of the molecule is CCCCCCOc1c(O)c2ccc(NCC)cc2[nH]c1=O. The summed E-state index contributed by atoms with van der Waals surface area (Å²) >= 11 is 0. The molecule has 120 valence electrons. The van der Waals surface area contributed by atoms with Gasteiger partial charge in [0.1, 0.15) is 0 Å². The monoisotopic (exact) mass is 304 g/mol. The van der Waals surface area contributed by atoms with Gasteiger partial charge in [0.2, 0.25) is 5.75 Å². The Morgan fingerprint density at radius 1 is 1.23 bits per heavy atom. The highest BCUT2D eigenvalue weighted by atomic mass is 16.5. The molecule has 2 aromatic rings. The first-order valence-electron chi connectivity index (χ1n) is 7.93. The van der Waals surface area contributed by atoms with Gasteiger partial charge in [0.15, 0.2) is 5.75 Å². The number of aromatic nitrogens is 1. The summed E-state index contributed by atoms with van der Waals surface area (Å²) in [4.78, 5) is 14.9. The lowest BCUT2D eigenvalue weighted by molar-refractivity contribution is 0.286. The van der Waals surface area contributed by atoms with Crippen molar-refractivity contribution in [3.8, 4) is 11.5 Å². The van der Waals surface area contributed by atoms with Gasteiger partial charge in [0.25, 0.3) is 5.56 Å². The number of unbranched alkanes of at least 4 members (excludes halogenated alkanes) is 3. The topological polar surface area (TPSA) is 74.3 Å². The second kappa shape index (κ2) is 7.73. The van der Waals surface area contributed by atoms with Crippen molar-refractivity contribution in [3.63, 3.8) is 0 Å². The molecule has 5 heteroatoms. The van der Waals surface area contributed by atoms with Gasteiger partial charge >= 0.3 is 0 Å². The van der Waals surface area contributed by atoms with Gasteiger partial charge in [-0.1, -0.05) is 26.2 Å². The number of aromatic hydroxyl groups is 1. The predicted octanol–water partition coefficient (Wildman–Crippen LogP) is 3.62. The highest BCUT2D eigenvalue weighted by molar-refractivity contribution is 5.89. The lowest BCUT2D eigenvalue weighted by Gasteiger charge is -2.10. The van der Waals surface area contributed by atoms with Gasteiger partial charge in [-0.15, -0.1) is 0 Å². The molecule has 0 unspecified atom stereocenters. The minimum absolute atomic E-state index is 0.0141. The Bertz CT molecular complexity index is 679. The number of ether oxygens (including phenoxy) is 1. The van der Waals surface area contributed by atoms with E-state index in [1.165, 1.54) is 0 Å². The zero-order valence-electron chi connectivity index (χ0n) is 13.2. The molecule has 2 rings (SSSR count). The van der Waals surface area contributed by atoms with Crippen molar-refractivity contribution in [3.05, 3.63) is 28.6 Å². The second-order valence-corrected chi connectivity index (χ2v) is 5.33. The molecule has 0 saturated carbocycles. The number of hydrogen-bond acceptors (Lipinski definition) is 4. The van der Waals surface area contributed by atoms with Gasteiger partial charge in [0, 0.05) is 17.6 Å². The molecular formula is C17H24N2O3. The van der Waals surface area contributed by atoms with Crippen LogP contribution in [0.25, 0.3) is 10.9 Å². The van der Waals surface area contributed by atoms with Crippen LogP contribution >= 0.6 is 0 Å². The lowest BCUT2D eigenvalue weighted by atomic mass is 10.1. The number of benzene rings is 1. The number of fused-ring (bicyclic) bond motifs is 1. The average Bonchev–Trinajstić information content (AvgIpc) is 2.50. The van der Waals surface area contributed by atoms with Crippen LogP contribution < -0.4 is 15.6 Å². The van der Waals surface area contributed by atoms with E-state index in [1.807, 2.05) is 19.1 Å². The quantitative estimate of drug-likeness (QED) is 0.651. The van der Waals surface area contributed by atoms with Gasteiger partial charge < -0.3 is 20.1 Å². The molecule has 0 aliphatic carbocycles. The fourth-order valence-corrected chi connectivity index (χ4v) is 2.41. The Kier molecular flexibility index (Phi) is 5.69. The van der Waals surface area contributed by atoms with E-state index in [1.54, 1.807) is 6.07 Å². The highest BCUT2D eigenvalue weighted by Gasteiger charge is 2.13. The van der Waals surface area contributed by atoms with E-state index in [4.69, 9.17) is 4.74 Å². The fraction of sp³-hybridized carbons (Fsp3) is 0.471. The Balaban J connectivity index is 2.21. The summed E-state index contributed by atoms with van der Waals surface area (Å²) in [6.45, 7) is 5.38. The number of H-pyrrole nitrogens is 1. The summed E-state index contributed by atoms with van der Waals surface area (Å²) in [5.74, 6) is -0.0718. The maximum atomic E-state index is 12.1. The van der Waals surface area contributed by atoms with Gasteiger partial charge in [0.05, 0.1) is 12.1 Å². The summed E-state index contributed by atoms with van der Waals surface area (Å²) in [6.07, 6.45) is 4.24. The van der Waals surface area contributed by atoms with Crippen LogP contribution in [0, 0.1) is 0 Å². The Morgan fingerprint density at radius 2 is 2.05 bits per heavy atom. The van der Waals surface area contributed by atoms with E-state index < -0.39 is 5.56 Å². The van der Waals surface area contributed by atoms with Crippen molar-refractivity contribution in [2.75, 3.05) is 18.5 Å². The van der Waals surface area contributed by atoms with Crippen LogP contribution in [0.3, 0.4) is 0 Å². The summed E-state index contributed by atoms with van der Waals surface area (Å²) in [7, 11) is 0. The van der Waals surface area contributed by atoms with Gasteiger partial charge in [-0.05, 0) is 31.5 Å². The summed E-state index contributed by atoms with van der Waals surface area (Å²) < 4.78 is 5.49. The van der Waals surface area contributed by atoms with Crippen molar-refractivity contribution in [1.82, 2.24) is 4.98 Å². The van der Waals surface area contributed by atoms with E-state index in [9.17, 15) is 9.90 Å². The molecule has 0 fully saturated rings. The molecule has 0 amide bonds. The molecule has 22 heavy (non-hydrogen) atoms. The van der Waals surface area contributed by atoms with Gasteiger partial charge in [-0.3, -0.25) is 4.79 Å². The van der Waals surface area contributed by atoms with Crippen molar-refractivity contribution in [2.45, 2.75) is 39.5 Å². The molecule has 0 saturated heterocycles. The van der Waals surface area contributed by atoms with E-state index in [-0.39, 0.29) is 11.5 Å². The summed E-state index contributed by atoms with van der Waals surface area (Å²) in [5, 5.41) is 14.0. The van der Waals surface area contributed by atoms with Crippen LogP contribution in [0.4, 0.5) is 5.69 Å². The number of nitrogens with one attached hydrogen (secondary N) is 2. The summed E-state index contributed by atoms with van der Waals surface area (Å²) in [5.41, 5.74) is 1.10. The van der Waals surface area contributed by atoms with Crippen LogP contribution in [-0.2, 0) is 0 Å². The maximum absolute atomic E-state index is 12.1. The van der Waals surface area contributed by atoms with Crippen LogP contribution in [0.15, 0.2) is 23.0 Å². The lowest BCUT2D eigenvalue weighted by Crippen LogP contribution is -2.12. The molecule has 0 atom stereocenters. The molecule has 0 aliphatic heterocycles. The third-order valence-corrected chi connectivity index (χ3v) is 3.57. The number of rotatable bonds is 8.